The van der Waals surface area contributed by atoms with Crippen LogP contribution in [0.1, 0.15) is 12.5 Å². The van der Waals surface area contributed by atoms with Crippen LogP contribution < -0.4 is 9.47 Å². The lowest BCUT2D eigenvalue weighted by Gasteiger charge is -2.14. The molecule has 7 nitrogen and oxygen atoms in total. The van der Waals surface area contributed by atoms with Gasteiger partial charge in [-0.1, -0.05) is 41.9 Å². The predicted molar refractivity (Wildman–Crippen MR) is 123 cm³/mol. The summed E-state index contributed by atoms with van der Waals surface area (Å²) in [7, 11) is 0. The number of rotatable bonds is 10. The van der Waals surface area contributed by atoms with Crippen LogP contribution in [-0.4, -0.2) is 30.3 Å². The average Bonchev–Trinajstić information content (AvgIpc) is 3.22. The van der Waals surface area contributed by atoms with E-state index in [4.69, 9.17) is 35.0 Å². The molecule has 0 aliphatic rings. The molecule has 170 valence electrons. The first-order valence-electron chi connectivity index (χ1n) is 10.4. The van der Waals surface area contributed by atoms with E-state index in [0.29, 0.717) is 40.8 Å². The van der Waals surface area contributed by atoms with Gasteiger partial charge < -0.3 is 23.4 Å². The van der Waals surface area contributed by atoms with Gasteiger partial charge in [-0.3, -0.25) is 0 Å². The minimum Gasteiger partial charge on any atom is -0.479 e. The van der Waals surface area contributed by atoms with Crippen molar-refractivity contribution in [2.24, 2.45) is 0 Å². The van der Waals surface area contributed by atoms with Gasteiger partial charge in [0.25, 0.3) is 0 Å². The predicted octanol–water partition coefficient (Wildman–Crippen LogP) is 5.80. The van der Waals surface area contributed by atoms with Gasteiger partial charge in [-0.15, -0.1) is 0 Å². The molecule has 0 amide bonds. The quantitative estimate of drug-likeness (QED) is 0.215. The molecule has 0 aliphatic carbocycles. The Morgan fingerprint density at radius 1 is 1.00 bits per heavy atom. The fourth-order valence-corrected chi connectivity index (χ4v) is 3.11. The van der Waals surface area contributed by atoms with Crippen LogP contribution >= 0.6 is 11.6 Å². The third-order valence-electron chi connectivity index (χ3n) is 4.59. The molecule has 1 heterocycles. The lowest BCUT2D eigenvalue weighted by Crippen LogP contribution is -2.27. The van der Waals surface area contributed by atoms with E-state index in [1.165, 1.54) is 0 Å². The van der Waals surface area contributed by atoms with Gasteiger partial charge in [-0.2, -0.15) is 4.98 Å². The van der Waals surface area contributed by atoms with Gasteiger partial charge in [0, 0.05) is 11.1 Å². The summed E-state index contributed by atoms with van der Waals surface area (Å²) in [4.78, 5) is 16.4. The van der Waals surface area contributed by atoms with E-state index in [9.17, 15) is 4.79 Å². The summed E-state index contributed by atoms with van der Waals surface area (Å²) >= 11 is 5.95. The molecular weight excluding hydrogens is 446 g/mol. The molecule has 33 heavy (non-hydrogen) atoms. The number of carbonyl (C=O) groups is 1. The summed E-state index contributed by atoms with van der Waals surface area (Å²) in [6.07, 6.45) is -0.667. The SMILES string of the molecule is CC(Oc1ccc(Oc2nc3ccc(Cl)cc3o2)cc1)C(=O)OCCOCc1ccccc1. The highest BCUT2D eigenvalue weighted by Crippen LogP contribution is 2.28. The van der Waals surface area contributed by atoms with Crippen molar-refractivity contribution < 1.29 is 28.2 Å². The highest BCUT2D eigenvalue weighted by Gasteiger charge is 2.16. The summed E-state index contributed by atoms with van der Waals surface area (Å²) in [5.41, 5.74) is 2.25. The molecule has 0 saturated heterocycles. The van der Waals surface area contributed by atoms with Crippen LogP contribution in [0.15, 0.2) is 77.2 Å². The Balaban J connectivity index is 1.21. The van der Waals surface area contributed by atoms with E-state index < -0.39 is 12.1 Å². The largest absolute Gasteiger partial charge is 0.479 e. The minimum absolute atomic E-state index is 0.104. The number of ether oxygens (including phenoxy) is 4. The zero-order valence-corrected chi connectivity index (χ0v) is 18.7. The molecule has 1 unspecified atom stereocenters. The number of oxazole rings is 1. The number of hydrogen-bond acceptors (Lipinski definition) is 7. The summed E-state index contributed by atoms with van der Waals surface area (Å²) in [5, 5.41) is 0.555. The fourth-order valence-electron chi connectivity index (χ4n) is 2.94. The van der Waals surface area contributed by atoms with Crippen LogP contribution in [0, 0.1) is 0 Å². The Morgan fingerprint density at radius 2 is 1.76 bits per heavy atom. The van der Waals surface area contributed by atoms with Crippen molar-refractivity contribution in [2.45, 2.75) is 19.6 Å². The molecule has 0 aliphatic heterocycles. The lowest BCUT2D eigenvalue weighted by molar-refractivity contribution is -0.152. The molecule has 0 N–H and O–H groups in total. The van der Waals surface area contributed by atoms with Crippen LogP contribution in [0.25, 0.3) is 11.1 Å². The molecule has 0 bridgehead atoms. The number of aromatic nitrogens is 1. The first-order chi connectivity index (χ1) is 16.1. The number of benzene rings is 3. The van der Waals surface area contributed by atoms with Crippen molar-refractivity contribution in [3.8, 4) is 17.6 Å². The van der Waals surface area contributed by atoms with Gasteiger partial charge in [0.05, 0.1) is 13.2 Å². The van der Waals surface area contributed by atoms with E-state index in [0.717, 1.165) is 5.56 Å². The average molecular weight is 468 g/mol. The van der Waals surface area contributed by atoms with E-state index >= 15 is 0 Å². The van der Waals surface area contributed by atoms with E-state index in [-0.39, 0.29) is 12.7 Å². The second-order valence-corrected chi connectivity index (χ2v) is 7.57. The molecule has 0 radical (unpaired) electrons. The molecular formula is C25H22ClNO6. The van der Waals surface area contributed by atoms with Gasteiger partial charge >= 0.3 is 12.0 Å². The maximum absolute atomic E-state index is 12.1. The molecule has 8 heteroatoms. The standard InChI is InChI=1S/C25H22ClNO6/c1-17(24(28)30-14-13-29-16-18-5-3-2-4-6-18)31-20-8-10-21(11-9-20)32-25-27-22-12-7-19(26)15-23(22)33-25/h2-12,15,17H,13-14,16H2,1H3. The van der Waals surface area contributed by atoms with Crippen molar-refractivity contribution in [3.05, 3.63) is 83.4 Å². The van der Waals surface area contributed by atoms with E-state index in [2.05, 4.69) is 4.98 Å². The smallest absolute Gasteiger partial charge is 0.400 e. The summed E-state index contributed by atoms with van der Waals surface area (Å²) in [6, 6.07) is 21.7. The molecule has 4 aromatic rings. The molecule has 3 aromatic carbocycles. The first kappa shape index (κ1) is 22.6. The van der Waals surface area contributed by atoms with E-state index in [1.54, 1.807) is 49.4 Å². The highest BCUT2D eigenvalue weighted by atomic mass is 35.5. The summed E-state index contributed by atoms with van der Waals surface area (Å²) in [5.74, 6) is 0.533. The number of halogens is 1. The van der Waals surface area contributed by atoms with Crippen molar-refractivity contribution in [1.29, 1.82) is 0 Å². The van der Waals surface area contributed by atoms with Crippen LogP contribution in [0.5, 0.6) is 17.6 Å². The minimum atomic E-state index is -0.771. The zero-order valence-electron chi connectivity index (χ0n) is 17.9. The molecule has 0 spiro atoms. The maximum atomic E-state index is 12.1. The molecule has 0 saturated carbocycles. The third kappa shape index (κ3) is 6.47. The number of fused-ring (bicyclic) bond motifs is 1. The van der Waals surface area contributed by atoms with Gasteiger partial charge in [-0.05, 0) is 48.9 Å². The fraction of sp³-hybridized carbons (Fsp3) is 0.200. The second kappa shape index (κ2) is 10.8. The zero-order chi connectivity index (χ0) is 23.0. The topological polar surface area (TPSA) is 80.0 Å². The number of esters is 1. The third-order valence-corrected chi connectivity index (χ3v) is 4.82. The number of nitrogens with zero attached hydrogens (tertiary/aromatic N) is 1. The van der Waals surface area contributed by atoms with Gasteiger partial charge in [0.2, 0.25) is 0 Å². The van der Waals surface area contributed by atoms with Crippen molar-refractivity contribution >= 4 is 28.7 Å². The maximum Gasteiger partial charge on any atom is 0.400 e. The summed E-state index contributed by atoms with van der Waals surface area (Å²) in [6.45, 7) is 2.56. The van der Waals surface area contributed by atoms with Crippen LogP contribution in [-0.2, 0) is 20.9 Å². The Kier molecular flexibility index (Phi) is 7.44. The van der Waals surface area contributed by atoms with E-state index in [1.807, 2.05) is 30.3 Å². The first-order valence-corrected chi connectivity index (χ1v) is 10.7. The molecule has 1 atom stereocenters. The van der Waals surface area contributed by atoms with Crippen molar-refractivity contribution in [2.75, 3.05) is 13.2 Å². The Morgan fingerprint density at radius 3 is 2.55 bits per heavy atom. The Bertz CT molecular complexity index is 1190. The molecule has 1 aromatic heterocycles. The van der Waals surface area contributed by atoms with Crippen molar-refractivity contribution in [3.63, 3.8) is 0 Å². The second-order valence-electron chi connectivity index (χ2n) is 7.13. The normalized spacial score (nSPS) is 11.8. The van der Waals surface area contributed by atoms with Gasteiger partial charge in [-0.25, -0.2) is 4.79 Å². The Labute approximate surface area is 195 Å². The lowest BCUT2D eigenvalue weighted by atomic mass is 10.2. The molecule has 0 fully saturated rings. The highest BCUT2D eigenvalue weighted by molar-refractivity contribution is 6.31. The van der Waals surface area contributed by atoms with Crippen LogP contribution in [0.2, 0.25) is 5.02 Å². The number of carbonyl (C=O) groups excluding carboxylic acids is 1. The van der Waals surface area contributed by atoms with Crippen LogP contribution in [0.3, 0.4) is 0 Å². The molecule has 4 rings (SSSR count). The monoisotopic (exact) mass is 467 g/mol. The Hall–Kier alpha value is -3.55. The summed E-state index contributed by atoms with van der Waals surface area (Å²) < 4.78 is 27.5. The van der Waals surface area contributed by atoms with Crippen molar-refractivity contribution in [1.82, 2.24) is 4.98 Å². The van der Waals surface area contributed by atoms with Gasteiger partial charge in [0.15, 0.2) is 11.7 Å². The van der Waals surface area contributed by atoms with Crippen LogP contribution in [0.4, 0.5) is 0 Å². The van der Waals surface area contributed by atoms with Gasteiger partial charge in [0.1, 0.15) is 23.6 Å². The number of hydrogen-bond donors (Lipinski definition) is 0.